The van der Waals surface area contributed by atoms with Gasteiger partial charge in [0.15, 0.2) is 0 Å². The zero-order chi connectivity index (χ0) is 22.7. The van der Waals surface area contributed by atoms with E-state index in [9.17, 15) is 0 Å². The zero-order valence-corrected chi connectivity index (χ0v) is 28.0. The van der Waals surface area contributed by atoms with Crippen molar-refractivity contribution in [1.82, 2.24) is 0 Å². The predicted octanol–water partition coefficient (Wildman–Crippen LogP) is -11.3. The summed E-state index contributed by atoms with van der Waals surface area (Å²) in [5, 5.41) is 28.5. The standard InChI is InChI=1S/2C3H9O3Si.2CH4O2.2H4O2Si.4H2O.2Y/c2*1-2-3-7(4,5)6;2*2-1-3;2*1-3-2;;;;;;/h2*4-6H,1-3H2;2*2-3H,1H2;2*1-2H,3H2;4*1H2;;/q2*-1;;;;;;;;;;. The van der Waals surface area contributed by atoms with E-state index in [1.807, 2.05) is 0 Å². The second-order valence-electron chi connectivity index (χ2n) is 3.32. The molecule has 0 bridgehead atoms. The molecule has 0 saturated heterocycles. The Labute approximate surface area is 243 Å². The topological polar surface area (TPSA) is 409 Å². The minimum Gasteiger partial charge on any atom is -0.415 e. The van der Waals surface area contributed by atoms with Crippen LogP contribution in [0.3, 0.4) is 0 Å². The second kappa shape index (κ2) is 69.9. The Morgan fingerprint density at radius 2 is 0.594 bits per heavy atom. The van der Waals surface area contributed by atoms with E-state index in [0.717, 1.165) is 0 Å². The van der Waals surface area contributed by atoms with Crippen molar-refractivity contribution in [2.24, 2.45) is 0 Å². The molecule has 0 aromatic heterocycles. The van der Waals surface area contributed by atoms with Gasteiger partial charge in [-0.05, 0) is 12.1 Å². The van der Waals surface area contributed by atoms with E-state index in [-0.39, 0.29) is 99.4 Å². The Morgan fingerprint density at radius 3 is 0.594 bits per heavy atom. The van der Waals surface area contributed by atoms with Gasteiger partial charge in [-0.25, -0.2) is 0 Å². The van der Waals surface area contributed by atoms with Crippen LogP contribution in [0.15, 0.2) is 0 Å². The summed E-state index contributed by atoms with van der Waals surface area (Å²) in [5.41, 5.74) is 0. The molecule has 0 aromatic carbocycles. The Morgan fingerprint density at radius 1 is 0.500 bits per heavy atom. The first-order valence-electron chi connectivity index (χ1n) is 6.58. The first kappa shape index (κ1) is 76.5. The number of aliphatic hydroxyl groups excluding tert-OH is 2. The van der Waals surface area contributed by atoms with Crippen LogP contribution in [-0.2, 0) is 65.4 Å². The molecule has 206 valence electrons. The molecule has 0 heterocycles. The molecule has 0 fully saturated rings. The van der Waals surface area contributed by atoms with Gasteiger partial charge in [0.1, 0.15) is 13.6 Å². The van der Waals surface area contributed by atoms with E-state index in [2.05, 4.69) is 13.8 Å². The van der Waals surface area contributed by atoms with Gasteiger partial charge in [-0.15, -0.1) is 0 Å². The van der Waals surface area contributed by atoms with Crippen LogP contribution in [0.1, 0.15) is 12.8 Å². The number of hydrogen-bond acceptors (Lipinski definition) is 14. The summed E-state index contributed by atoms with van der Waals surface area (Å²) in [6, 6.07) is 0.0694. The van der Waals surface area contributed by atoms with Crippen LogP contribution in [-0.4, -0.2) is 141 Å². The minimum atomic E-state index is -3.72. The van der Waals surface area contributed by atoms with Gasteiger partial charge >= 0.3 is 17.6 Å². The molecular formula is C8H42O18Si4Y2-2. The van der Waals surface area contributed by atoms with Gasteiger partial charge in [0.25, 0.3) is 20.0 Å². The first-order chi connectivity index (χ1) is 11.8. The number of aliphatic hydroxyl groups is 4. The summed E-state index contributed by atoms with van der Waals surface area (Å²) >= 11 is 0. The van der Waals surface area contributed by atoms with Gasteiger partial charge in [-0.1, -0.05) is 0 Å². The molecule has 0 unspecified atom stereocenters. The fourth-order valence-corrected chi connectivity index (χ4v) is 1.42. The van der Waals surface area contributed by atoms with Crippen molar-refractivity contribution >= 4 is 37.6 Å². The van der Waals surface area contributed by atoms with E-state index in [4.69, 9.17) is 68.4 Å². The molecule has 24 heteroatoms. The van der Waals surface area contributed by atoms with E-state index in [1.54, 1.807) is 0 Å². The minimum absolute atomic E-state index is 0. The van der Waals surface area contributed by atoms with Crippen molar-refractivity contribution in [2.45, 2.75) is 24.9 Å². The van der Waals surface area contributed by atoms with E-state index >= 15 is 0 Å². The summed E-state index contributed by atoms with van der Waals surface area (Å²) in [6.07, 6.45) is 0.742. The van der Waals surface area contributed by atoms with Crippen molar-refractivity contribution in [3.05, 3.63) is 13.8 Å². The normalized spacial score (nSPS) is 7.50. The zero-order valence-electron chi connectivity index (χ0n) is 17.5. The van der Waals surface area contributed by atoms with Gasteiger partial charge in [0.2, 0.25) is 0 Å². The van der Waals surface area contributed by atoms with E-state index in [0.29, 0.717) is 12.8 Å². The van der Waals surface area contributed by atoms with Crippen molar-refractivity contribution in [2.75, 3.05) is 13.6 Å². The summed E-state index contributed by atoms with van der Waals surface area (Å²) in [4.78, 5) is 78.4. The molecule has 0 aromatic rings. The molecule has 0 saturated carbocycles. The van der Waals surface area contributed by atoms with E-state index < -0.39 is 51.2 Å². The van der Waals surface area contributed by atoms with Crippen LogP contribution in [0.2, 0.25) is 12.1 Å². The Hall–Kier alpha value is 2.36. The fraction of sp³-hybridized carbons (Fsp3) is 0.750. The molecule has 18 nitrogen and oxygen atoms in total. The molecule has 0 atom stereocenters. The van der Waals surface area contributed by atoms with Gasteiger partial charge in [-0.2, -0.15) is 12.8 Å². The van der Waals surface area contributed by atoms with Crippen LogP contribution in [0.5, 0.6) is 0 Å². The molecule has 0 aliphatic carbocycles. The Bertz CT molecular complexity index is 181. The molecule has 0 aliphatic rings. The monoisotopic (exact) mass is 716 g/mol. The van der Waals surface area contributed by atoms with Crippen LogP contribution in [0.25, 0.3) is 0 Å². The van der Waals surface area contributed by atoms with Crippen LogP contribution >= 0.6 is 0 Å². The summed E-state index contributed by atoms with van der Waals surface area (Å²) < 4.78 is 0. The average Bonchev–Trinajstić information content (AvgIpc) is 2.40. The SMILES string of the molecule is O.O.O.O.OCO.OCO.O[SiH2]O.O[SiH2]O.[CH2-]CC[Si](O)(O)O.[CH2-]CC[Si](O)(O)O.[Y].[Y]. The smallest absolute Gasteiger partial charge is 0.415 e. The third kappa shape index (κ3) is 297. The molecular weight excluding hydrogens is 674 g/mol. The third-order valence-electron chi connectivity index (χ3n) is 1.02. The van der Waals surface area contributed by atoms with Crippen molar-refractivity contribution in [3.63, 3.8) is 0 Å². The number of rotatable bonds is 4. The Kier molecular flexibility index (Phi) is 167. The van der Waals surface area contributed by atoms with Crippen molar-refractivity contribution in [1.29, 1.82) is 0 Å². The maximum Gasteiger partial charge on any atom is 0.490 e. The third-order valence-corrected chi connectivity index (χ3v) is 3.07. The Balaban J connectivity index is -0.0000000151. The molecule has 0 rings (SSSR count). The van der Waals surface area contributed by atoms with Gasteiger partial charge in [0, 0.05) is 65.4 Å². The fourth-order valence-electron chi connectivity index (χ4n) is 0.474. The van der Waals surface area contributed by atoms with Crippen LogP contribution in [0.4, 0.5) is 0 Å². The first-order valence-corrected chi connectivity index (χ1v) is 13.2. The predicted molar refractivity (Wildman–Crippen MR) is 113 cm³/mol. The summed E-state index contributed by atoms with van der Waals surface area (Å²) in [6.45, 7) is 5.15. The quantitative estimate of drug-likeness (QED) is 0.0730. The second-order valence-corrected chi connectivity index (χ2v) is 7.98. The molecule has 22 N–H and O–H groups in total. The average molecular weight is 717 g/mol. The van der Waals surface area contributed by atoms with Gasteiger partial charge < -0.3 is 104 Å². The molecule has 0 amide bonds. The largest absolute Gasteiger partial charge is 0.490 e. The molecule has 2 radical (unpaired) electrons. The van der Waals surface area contributed by atoms with Crippen molar-refractivity contribution in [3.8, 4) is 0 Å². The number of hydrogen-bond donors (Lipinski definition) is 14. The summed E-state index contributed by atoms with van der Waals surface area (Å²) in [7, 11) is -10.6. The summed E-state index contributed by atoms with van der Waals surface area (Å²) in [5.74, 6) is 0. The van der Waals surface area contributed by atoms with Crippen LogP contribution < -0.4 is 0 Å². The van der Waals surface area contributed by atoms with Gasteiger partial charge in [0.05, 0.1) is 0 Å². The van der Waals surface area contributed by atoms with Gasteiger partial charge in [-0.3, -0.25) is 0 Å². The molecule has 0 spiro atoms. The van der Waals surface area contributed by atoms with Crippen molar-refractivity contribution < 1.29 is 156 Å². The maximum atomic E-state index is 8.23. The molecule has 32 heavy (non-hydrogen) atoms. The van der Waals surface area contributed by atoms with E-state index in [1.165, 1.54) is 0 Å². The maximum absolute atomic E-state index is 8.23. The van der Waals surface area contributed by atoms with Crippen LogP contribution in [0, 0.1) is 13.8 Å². The molecule has 0 aliphatic heterocycles.